The first-order valence-electron chi connectivity index (χ1n) is 8.72. The molecule has 1 aliphatic carbocycles. The van der Waals surface area contributed by atoms with Gasteiger partial charge in [-0.15, -0.1) is 11.3 Å². The molecule has 0 bridgehead atoms. The van der Waals surface area contributed by atoms with E-state index >= 15 is 0 Å². The second-order valence-corrected chi connectivity index (χ2v) is 10.8. The van der Waals surface area contributed by atoms with E-state index < -0.39 is 16.2 Å². The molecule has 1 heterocycles. The van der Waals surface area contributed by atoms with Crippen molar-refractivity contribution in [3.8, 4) is 10.4 Å². The van der Waals surface area contributed by atoms with Crippen molar-refractivity contribution >= 4 is 55.0 Å². The van der Waals surface area contributed by atoms with Crippen molar-refractivity contribution in [2.45, 2.75) is 22.6 Å². The van der Waals surface area contributed by atoms with Gasteiger partial charge in [-0.1, -0.05) is 57.9 Å². The molecule has 2 atom stereocenters. The highest BCUT2D eigenvalue weighted by molar-refractivity contribution is 9.10. The van der Waals surface area contributed by atoms with Crippen LogP contribution in [-0.2, 0) is 10.0 Å². The first kappa shape index (κ1) is 22.8. The Bertz CT molecular complexity index is 1140. The Morgan fingerprint density at radius 2 is 1.70 bits per heavy atom. The summed E-state index contributed by atoms with van der Waals surface area (Å²) in [4.78, 5) is 9.46. The molecule has 158 valence electrons. The van der Waals surface area contributed by atoms with Crippen LogP contribution in [0.5, 0.6) is 0 Å². The number of nitrogens with one attached hydrogen (secondary N) is 1. The number of thiophene rings is 1. The Morgan fingerprint density at radius 3 is 2.33 bits per heavy atom. The van der Waals surface area contributed by atoms with Crippen LogP contribution in [-0.4, -0.2) is 30.8 Å². The minimum atomic E-state index is -3.52. The minimum absolute atomic E-state index is 0.0558. The quantitative estimate of drug-likeness (QED) is 0.382. The third kappa shape index (κ3) is 5.83. The van der Waals surface area contributed by atoms with Gasteiger partial charge >= 0.3 is 6.16 Å². The van der Waals surface area contributed by atoms with Crippen molar-refractivity contribution in [3.05, 3.63) is 75.7 Å². The molecule has 0 spiro atoms. The highest BCUT2D eigenvalue weighted by atomic mass is 79.9. The van der Waals surface area contributed by atoms with Gasteiger partial charge in [0.25, 0.3) is 0 Å². The number of carbonyl (C=O) groups is 1. The summed E-state index contributed by atoms with van der Waals surface area (Å²) in [6, 6.07) is 18.8. The molecule has 3 aromatic rings. The fraction of sp³-hybridized carbons (Fsp3) is 0.150. The Morgan fingerprint density at radius 1 is 1.07 bits per heavy atom. The average molecular weight is 531 g/mol. The molecule has 1 aromatic heterocycles. The number of hydrogen-bond acceptors (Lipinski definition) is 4. The van der Waals surface area contributed by atoms with Gasteiger partial charge in [-0.3, -0.25) is 0 Å². The monoisotopic (exact) mass is 529 g/mol. The maximum atomic E-state index is 12.7. The van der Waals surface area contributed by atoms with Gasteiger partial charge in [0.1, 0.15) is 4.21 Å². The van der Waals surface area contributed by atoms with Crippen molar-refractivity contribution < 1.29 is 23.4 Å². The summed E-state index contributed by atoms with van der Waals surface area (Å²) in [5, 5.41) is 14.6. The zero-order chi connectivity index (χ0) is 21.9. The van der Waals surface area contributed by atoms with Crippen LogP contribution >= 0.6 is 38.9 Å². The van der Waals surface area contributed by atoms with E-state index in [2.05, 4.69) is 20.7 Å². The van der Waals surface area contributed by atoms with Crippen LogP contribution in [0.15, 0.2) is 69.3 Å². The predicted molar refractivity (Wildman–Crippen MR) is 121 cm³/mol. The lowest BCUT2D eigenvalue weighted by Crippen LogP contribution is -2.26. The molecule has 6 nitrogen and oxygen atoms in total. The van der Waals surface area contributed by atoms with Crippen molar-refractivity contribution in [3.63, 3.8) is 0 Å². The van der Waals surface area contributed by atoms with Gasteiger partial charge in [-0.2, -0.15) is 0 Å². The number of hydrogen-bond donors (Lipinski definition) is 3. The van der Waals surface area contributed by atoms with Gasteiger partial charge in [0.05, 0.1) is 0 Å². The van der Waals surface area contributed by atoms with Crippen molar-refractivity contribution in [2.24, 2.45) is 0 Å². The topological polar surface area (TPSA) is 104 Å². The van der Waals surface area contributed by atoms with Crippen LogP contribution in [0.2, 0.25) is 5.02 Å². The van der Waals surface area contributed by atoms with E-state index in [-0.39, 0.29) is 12.0 Å². The Labute approximate surface area is 191 Å². The highest BCUT2D eigenvalue weighted by Crippen LogP contribution is 2.44. The maximum Gasteiger partial charge on any atom is 0.503 e. The first-order valence-corrected chi connectivity index (χ1v) is 12.2. The normalized spacial score (nSPS) is 17.7. The number of sulfonamides is 1. The Hall–Kier alpha value is -1.91. The minimum Gasteiger partial charge on any atom is -0.450 e. The van der Waals surface area contributed by atoms with Crippen LogP contribution < -0.4 is 4.72 Å². The van der Waals surface area contributed by atoms with E-state index in [1.165, 1.54) is 11.3 Å². The van der Waals surface area contributed by atoms with E-state index in [9.17, 15) is 8.42 Å². The van der Waals surface area contributed by atoms with Gasteiger partial charge in [0.2, 0.25) is 10.0 Å². The third-order valence-electron chi connectivity index (χ3n) is 4.38. The largest absolute Gasteiger partial charge is 0.503 e. The van der Waals surface area contributed by atoms with E-state index in [4.69, 9.17) is 26.6 Å². The van der Waals surface area contributed by atoms with E-state index in [1.807, 2.05) is 42.5 Å². The highest BCUT2D eigenvalue weighted by Gasteiger charge is 2.42. The second-order valence-electron chi connectivity index (χ2n) is 6.50. The maximum absolute atomic E-state index is 12.7. The van der Waals surface area contributed by atoms with Crippen LogP contribution in [0.4, 0.5) is 4.79 Å². The van der Waals surface area contributed by atoms with Crippen molar-refractivity contribution in [2.75, 3.05) is 0 Å². The van der Waals surface area contributed by atoms with E-state index in [1.54, 1.807) is 18.2 Å². The molecule has 2 aromatic carbocycles. The van der Waals surface area contributed by atoms with Gasteiger partial charge in [-0.05, 0) is 47.9 Å². The van der Waals surface area contributed by atoms with E-state index in [0.29, 0.717) is 9.23 Å². The average Bonchev–Trinajstić information content (AvgIpc) is 3.22. The molecule has 30 heavy (non-hydrogen) atoms. The fourth-order valence-electron chi connectivity index (χ4n) is 2.94. The molecule has 0 saturated heterocycles. The summed E-state index contributed by atoms with van der Waals surface area (Å²) in [5.41, 5.74) is 2.10. The van der Waals surface area contributed by atoms with E-state index in [0.717, 1.165) is 26.9 Å². The van der Waals surface area contributed by atoms with Crippen LogP contribution in [0.3, 0.4) is 0 Å². The lowest BCUT2D eigenvalue weighted by Gasteiger charge is -2.06. The first-order chi connectivity index (χ1) is 14.2. The molecule has 4 rings (SSSR count). The molecule has 0 radical (unpaired) electrons. The summed E-state index contributed by atoms with van der Waals surface area (Å²) < 4.78 is 29.6. The molecule has 1 fully saturated rings. The summed E-state index contributed by atoms with van der Waals surface area (Å²) in [5.74, 6) is 0.219. The number of halogens is 2. The van der Waals surface area contributed by atoms with Crippen molar-refractivity contribution in [1.29, 1.82) is 0 Å². The molecule has 0 aliphatic heterocycles. The standard InChI is InChI=1S/C19H15BrClNO2S2.CH2O3/c20-16-4-2-1-3-14(16)15-11-17(15)22-26(23,24)19-10-9-18(25-19)12-5-7-13(21)8-6-12;2-1(3)4/h1-10,15,17,22H,11H2;(H2,2,3,4)/t15-,17+;/m1./s1. The SMILES string of the molecule is O=C(O)O.O=S(=O)(N[C@H]1C[C@@H]1c1ccccc1Br)c1ccc(-c2ccc(Cl)cc2)s1. The summed E-state index contributed by atoms with van der Waals surface area (Å²) in [6.45, 7) is 0. The molecular weight excluding hydrogens is 514 g/mol. The van der Waals surface area contributed by atoms with Gasteiger partial charge in [-0.25, -0.2) is 17.9 Å². The Kier molecular flexibility index (Phi) is 7.20. The third-order valence-corrected chi connectivity index (χ3v) is 8.47. The van der Waals surface area contributed by atoms with Crippen LogP contribution in [0.1, 0.15) is 17.9 Å². The summed E-state index contributed by atoms with van der Waals surface area (Å²) in [6.07, 6.45) is -1.02. The van der Waals surface area contributed by atoms with Gasteiger partial charge < -0.3 is 10.2 Å². The zero-order valence-electron chi connectivity index (χ0n) is 15.3. The summed E-state index contributed by atoms with van der Waals surface area (Å²) >= 11 is 10.7. The molecular formula is C20H17BrClNO5S2. The molecule has 0 unspecified atom stereocenters. The molecule has 1 saturated carbocycles. The van der Waals surface area contributed by atoms with Crippen molar-refractivity contribution in [1.82, 2.24) is 4.72 Å². The van der Waals surface area contributed by atoms with Crippen LogP contribution in [0, 0.1) is 0 Å². The zero-order valence-corrected chi connectivity index (χ0v) is 19.3. The van der Waals surface area contributed by atoms with Gasteiger partial charge in [0.15, 0.2) is 0 Å². The number of rotatable bonds is 5. The van der Waals surface area contributed by atoms with Gasteiger partial charge in [0, 0.05) is 26.3 Å². The number of benzene rings is 2. The number of carboxylic acid groups (broad SMARTS) is 2. The molecule has 3 N–H and O–H groups in total. The molecule has 0 amide bonds. The fourth-order valence-corrected chi connectivity index (χ4v) is 6.26. The smallest absolute Gasteiger partial charge is 0.450 e. The second kappa shape index (κ2) is 9.49. The lowest BCUT2D eigenvalue weighted by molar-refractivity contribution is 0.137. The summed E-state index contributed by atoms with van der Waals surface area (Å²) in [7, 11) is -3.52. The Balaban J connectivity index is 0.000000589. The van der Waals surface area contributed by atoms with Crippen LogP contribution in [0.25, 0.3) is 10.4 Å². The lowest BCUT2D eigenvalue weighted by atomic mass is 10.1. The molecule has 10 heteroatoms. The molecule has 1 aliphatic rings. The predicted octanol–water partition coefficient (Wildman–Crippen LogP) is 5.89.